The van der Waals surface area contributed by atoms with Crippen molar-refractivity contribution in [3.63, 3.8) is 0 Å². The Balaban J connectivity index is 1.83. The van der Waals surface area contributed by atoms with E-state index >= 15 is 0 Å². The molecule has 0 spiro atoms. The molecule has 2 aliphatic heterocycles. The number of hydrogen-bond acceptors (Lipinski definition) is 5. The smallest absolute Gasteiger partial charge is 0.306 e. The van der Waals surface area contributed by atoms with Gasteiger partial charge in [-0.25, -0.2) is 8.42 Å². The van der Waals surface area contributed by atoms with Crippen LogP contribution in [-0.2, 0) is 14.8 Å². The molecule has 1 aromatic carbocycles. The van der Waals surface area contributed by atoms with Crippen LogP contribution < -0.4 is 9.64 Å². The van der Waals surface area contributed by atoms with Gasteiger partial charge < -0.3 is 14.7 Å². The highest BCUT2D eigenvalue weighted by molar-refractivity contribution is 7.89. The second kappa shape index (κ2) is 6.01. The number of anilines is 1. The van der Waals surface area contributed by atoms with E-state index < -0.39 is 21.9 Å². The number of carbonyl (C=O) groups is 1. The summed E-state index contributed by atoms with van der Waals surface area (Å²) in [5.74, 6) is -0.624. The monoisotopic (exact) mass is 340 g/mol. The van der Waals surface area contributed by atoms with Gasteiger partial charge in [0.1, 0.15) is 12.4 Å². The molecule has 126 valence electrons. The quantitative estimate of drug-likeness (QED) is 0.883. The summed E-state index contributed by atoms with van der Waals surface area (Å²) in [7, 11) is -1.71. The number of benzene rings is 1. The van der Waals surface area contributed by atoms with E-state index in [-0.39, 0.29) is 18.0 Å². The second-order valence-corrected chi connectivity index (χ2v) is 7.85. The third-order valence-corrected chi connectivity index (χ3v) is 6.36. The van der Waals surface area contributed by atoms with Crippen LogP contribution in [0.2, 0.25) is 0 Å². The van der Waals surface area contributed by atoms with Crippen LogP contribution in [0, 0.1) is 5.92 Å². The fourth-order valence-corrected chi connectivity index (χ4v) is 4.47. The molecule has 0 radical (unpaired) electrons. The number of rotatable bonds is 3. The average molecular weight is 340 g/mol. The van der Waals surface area contributed by atoms with Crippen molar-refractivity contribution in [3.8, 4) is 5.75 Å². The van der Waals surface area contributed by atoms with Gasteiger partial charge in [-0.15, -0.1) is 0 Å². The first-order valence-electron chi connectivity index (χ1n) is 7.60. The molecule has 3 rings (SSSR count). The van der Waals surface area contributed by atoms with Gasteiger partial charge in [0, 0.05) is 20.1 Å². The Morgan fingerprint density at radius 1 is 1.26 bits per heavy atom. The molecule has 0 saturated carbocycles. The topological polar surface area (TPSA) is 87.2 Å². The highest BCUT2D eigenvalue weighted by Crippen LogP contribution is 2.34. The lowest BCUT2D eigenvalue weighted by Gasteiger charge is -2.31. The summed E-state index contributed by atoms with van der Waals surface area (Å²) in [5, 5.41) is 9.02. The van der Waals surface area contributed by atoms with Crippen LogP contribution >= 0.6 is 0 Å². The summed E-state index contributed by atoms with van der Waals surface area (Å²) < 4.78 is 32.5. The molecule has 0 atom stereocenters. The first kappa shape index (κ1) is 16.1. The van der Waals surface area contributed by atoms with Crippen molar-refractivity contribution in [3.05, 3.63) is 18.2 Å². The van der Waals surface area contributed by atoms with Crippen LogP contribution in [0.3, 0.4) is 0 Å². The summed E-state index contributed by atoms with van der Waals surface area (Å²) in [6, 6.07) is 4.87. The third-order valence-electron chi connectivity index (χ3n) is 4.47. The minimum absolute atomic E-state index is 0.224. The van der Waals surface area contributed by atoms with Crippen molar-refractivity contribution in [2.75, 3.05) is 38.2 Å². The van der Waals surface area contributed by atoms with Gasteiger partial charge in [0.25, 0.3) is 0 Å². The van der Waals surface area contributed by atoms with Gasteiger partial charge in [-0.1, -0.05) is 0 Å². The molecule has 1 aromatic rings. The highest BCUT2D eigenvalue weighted by Gasteiger charge is 2.32. The minimum atomic E-state index is -3.61. The molecule has 0 aliphatic carbocycles. The van der Waals surface area contributed by atoms with Gasteiger partial charge in [0.15, 0.2) is 0 Å². The molecular weight excluding hydrogens is 320 g/mol. The SMILES string of the molecule is CN1CCOc2ccc(S(=O)(=O)N3CCC(C(=O)O)CC3)cc21. The van der Waals surface area contributed by atoms with E-state index in [1.165, 1.54) is 4.31 Å². The Labute approximate surface area is 135 Å². The van der Waals surface area contributed by atoms with Crippen molar-refractivity contribution in [1.29, 1.82) is 0 Å². The number of aliphatic carboxylic acids is 1. The number of hydrogen-bond donors (Lipinski definition) is 1. The van der Waals surface area contributed by atoms with E-state index in [4.69, 9.17) is 9.84 Å². The first-order chi connectivity index (χ1) is 10.9. The summed E-state index contributed by atoms with van der Waals surface area (Å²) in [5.41, 5.74) is 0.762. The van der Waals surface area contributed by atoms with Crippen molar-refractivity contribution in [2.45, 2.75) is 17.7 Å². The van der Waals surface area contributed by atoms with Crippen molar-refractivity contribution in [1.82, 2.24) is 4.31 Å². The predicted molar refractivity (Wildman–Crippen MR) is 84.3 cm³/mol. The molecule has 0 amide bonds. The van der Waals surface area contributed by atoms with E-state index in [1.54, 1.807) is 18.2 Å². The van der Waals surface area contributed by atoms with Crippen LogP contribution in [-0.4, -0.2) is 57.1 Å². The maximum atomic E-state index is 12.8. The minimum Gasteiger partial charge on any atom is -0.490 e. The Hall–Kier alpha value is -1.80. The third kappa shape index (κ3) is 3.00. The zero-order valence-corrected chi connectivity index (χ0v) is 13.8. The van der Waals surface area contributed by atoms with Gasteiger partial charge in [-0.05, 0) is 31.0 Å². The number of ether oxygens (including phenoxy) is 1. The standard InChI is InChI=1S/C15H20N2O5S/c1-16-8-9-22-14-3-2-12(10-13(14)16)23(20,21)17-6-4-11(5-7-17)15(18)19/h2-3,10-11H,4-9H2,1H3,(H,18,19). The lowest BCUT2D eigenvalue weighted by molar-refractivity contribution is -0.142. The second-order valence-electron chi connectivity index (χ2n) is 5.92. The fourth-order valence-electron chi connectivity index (χ4n) is 2.98. The molecule has 23 heavy (non-hydrogen) atoms. The molecule has 0 unspecified atom stereocenters. The maximum absolute atomic E-state index is 12.8. The lowest BCUT2D eigenvalue weighted by atomic mass is 9.99. The number of piperidine rings is 1. The number of nitrogens with zero attached hydrogens (tertiary/aromatic N) is 2. The van der Waals surface area contributed by atoms with Crippen molar-refractivity contribution >= 4 is 21.7 Å². The van der Waals surface area contributed by atoms with Crippen molar-refractivity contribution < 1.29 is 23.1 Å². The molecule has 1 saturated heterocycles. The molecule has 1 fully saturated rings. The molecule has 8 heteroatoms. The molecule has 0 aromatic heterocycles. The summed E-state index contributed by atoms with van der Waals surface area (Å²) in [6.45, 7) is 1.77. The maximum Gasteiger partial charge on any atom is 0.306 e. The van der Waals surface area contributed by atoms with E-state index in [0.717, 1.165) is 5.69 Å². The zero-order valence-electron chi connectivity index (χ0n) is 12.9. The van der Waals surface area contributed by atoms with Gasteiger partial charge in [0.2, 0.25) is 10.0 Å². The van der Waals surface area contributed by atoms with Crippen molar-refractivity contribution in [2.24, 2.45) is 5.92 Å². The summed E-state index contributed by atoms with van der Waals surface area (Å²) in [6.07, 6.45) is 0.699. The number of carboxylic acids is 1. The van der Waals surface area contributed by atoms with Gasteiger partial charge >= 0.3 is 5.97 Å². The predicted octanol–water partition coefficient (Wildman–Crippen LogP) is 1.00. The molecule has 0 bridgehead atoms. The Morgan fingerprint density at radius 2 is 1.96 bits per heavy atom. The van der Waals surface area contributed by atoms with Gasteiger partial charge in [0.05, 0.1) is 23.0 Å². The van der Waals surface area contributed by atoms with Crippen LogP contribution in [0.4, 0.5) is 5.69 Å². The molecule has 2 heterocycles. The van der Waals surface area contributed by atoms with E-state index in [1.807, 2.05) is 11.9 Å². The molecule has 2 aliphatic rings. The Morgan fingerprint density at radius 3 is 2.61 bits per heavy atom. The van der Waals surface area contributed by atoms with Crippen LogP contribution in [0.5, 0.6) is 5.75 Å². The number of sulfonamides is 1. The van der Waals surface area contributed by atoms with Crippen LogP contribution in [0.1, 0.15) is 12.8 Å². The molecular formula is C15H20N2O5S. The average Bonchev–Trinajstić information content (AvgIpc) is 2.55. The molecule has 7 nitrogen and oxygen atoms in total. The highest BCUT2D eigenvalue weighted by atomic mass is 32.2. The number of fused-ring (bicyclic) bond motifs is 1. The lowest BCUT2D eigenvalue weighted by Crippen LogP contribution is -2.40. The summed E-state index contributed by atoms with van der Waals surface area (Å²) >= 11 is 0. The number of carboxylic acid groups (broad SMARTS) is 1. The zero-order chi connectivity index (χ0) is 16.6. The van der Waals surface area contributed by atoms with E-state index in [9.17, 15) is 13.2 Å². The molecule has 1 N–H and O–H groups in total. The normalized spacial score (nSPS) is 20.0. The summed E-state index contributed by atoms with van der Waals surface area (Å²) in [4.78, 5) is 13.2. The van der Waals surface area contributed by atoms with E-state index in [0.29, 0.717) is 31.7 Å². The fraction of sp³-hybridized carbons (Fsp3) is 0.533. The van der Waals surface area contributed by atoms with Gasteiger partial charge in [-0.2, -0.15) is 4.31 Å². The van der Waals surface area contributed by atoms with E-state index in [2.05, 4.69) is 0 Å². The number of likely N-dealkylation sites (N-methyl/N-ethyl adjacent to an activating group) is 1. The van der Waals surface area contributed by atoms with Crippen LogP contribution in [0.25, 0.3) is 0 Å². The Kier molecular flexibility index (Phi) is 4.20. The largest absolute Gasteiger partial charge is 0.490 e. The van der Waals surface area contributed by atoms with Gasteiger partial charge in [-0.3, -0.25) is 4.79 Å². The van der Waals surface area contributed by atoms with Crippen LogP contribution in [0.15, 0.2) is 23.1 Å². The first-order valence-corrected chi connectivity index (χ1v) is 9.04. The Bertz CT molecular complexity index is 711.